The van der Waals surface area contributed by atoms with E-state index in [1.807, 2.05) is 42.1 Å². The second-order valence-corrected chi connectivity index (χ2v) is 7.20. The van der Waals surface area contributed by atoms with Crippen LogP contribution in [0.1, 0.15) is 35.0 Å². The number of nitrogens with zero attached hydrogens (tertiary/aromatic N) is 3. The smallest absolute Gasteiger partial charge is 0.257 e. The van der Waals surface area contributed by atoms with Gasteiger partial charge >= 0.3 is 0 Å². The summed E-state index contributed by atoms with van der Waals surface area (Å²) in [5.41, 5.74) is 3.21. The molecule has 2 aromatic carbocycles. The number of hydrogen-bond acceptors (Lipinski definition) is 5. The second kappa shape index (κ2) is 11.0. The first-order chi connectivity index (χ1) is 15.5. The summed E-state index contributed by atoms with van der Waals surface area (Å²) in [5, 5.41) is 10.6. The van der Waals surface area contributed by atoms with Gasteiger partial charge in [0, 0.05) is 29.6 Å². The van der Waals surface area contributed by atoms with Crippen LogP contribution in [0, 0.1) is 6.92 Å². The molecule has 1 amide bonds. The number of guanidine groups is 1. The molecule has 32 heavy (non-hydrogen) atoms. The minimum atomic E-state index is -0.272. The Morgan fingerprint density at radius 1 is 1.03 bits per heavy atom. The first kappa shape index (κ1) is 22.9. The van der Waals surface area contributed by atoms with Gasteiger partial charge in [0.2, 0.25) is 5.96 Å². The Morgan fingerprint density at radius 3 is 2.25 bits per heavy atom. The van der Waals surface area contributed by atoms with Gasteiger partial charge in [-0.1, -0.05) is 6.92 Å². The molecule has 0 bridgehead atoms. The number of aryl methyl sites for hydroxylation is 2. The van der Waals surface area contributed by atoms with Crippen LogP contribution in [0.3, 0.4) is 0 Å². The number of rotatable bonds is 8. The molecule has 0 aliphatic rings. The second-order valence-electron chi connectivity index (χ2n) is 7.20. The molecule has 3 aromatic rings. The number of carbonyl (C=O) groups is 1. The molecule has 2 N–H and O–H groups in total. The Kier molecular flexibility index (Phi) is 7.85. The van der Waals surface area contributed by atoms with Crippen LogP contribution in [0.25, 0.3) is 0 Å². The van der Waals surface area contributed by atoms with Crippen molar-refractivity contribution >= 4 is 17.6 Å². The average Bonchev–Trinajstić information content (AvgIpc) is 3.17. The van der Waals surface area contributed by atoms with E-state index in [2.05, 4.69) is 27.6 Å². The highest BCUT2D eigenvalue weighted by Gasteiger charge is 2.11. The summed E-state index contributed by atoms with van der Waals surface area (Å²) < 4.78 is 12.3. The third-order valence-electron chi connectivity index (χ3n) is 4.85. The third-order valence-corrected chi connectivity index (χ3v) is 4.85. The van der Waals surface area contributed by atoms with Crippen molar-refractivity contribution in [3.8, 4) is 11.5 Å². The number of ether oxygens (including phenoxy) is 2. The van der Waals surface area contributed by atoms with Gasteiger partial charge in [0.15, 0.2) is 0 Å². The predicted octanol–water partition coefficient (Wildman–Crippen LogP) is 4.02. The molecule has 0 saturated heterocycles. The number of aliphatic imine (C=N–C) groups is 1. The van der Waals surface area contributed by atoms with Crippen LogP contribution in [-0.2, 0) is 13.1 Å². The molecule has 0 saturated carbocycles. The van der Waals surface area contributed by atoms with Gasteiger partial charge in [-0.2, -0.15) is 5.10 Å². The molecule has 0 spiro atoms. The number of amides is 1. The monoisotopic (exact) mass is 435 g/mol. The first-order valence-electron chi connectivity index (χ1n) is 10.5. The molecule has 0 unspecified atom stereocenters. The summed E-state index contributed by atoms with van der Waals surface area (Å²) >= 11 is 0. The maximum atomic E-state index is 12.8. The Hall–Kier alpha value is -3.81. The van der Waals surface area contributed by atoms with Crippen molar-refractivity contribution in [3.63, 3.8) is 0 Å². The maximum absolute atomic E-state index is 12.8. The van der Waals surface area contributed by atoms with E-state index >= 15 is 0 Å². The SMILES string of the molecule is CCCn1cc(CN=C(NC(=O)c2ccc(OC)cc2)Nc2ccc(OC)cc2)c(C)n1. The van der Waals surface area contributed by atoms with Crippen LogP contribution >= 0.6 is 0 Å². The number of methoxy groups -OCH3 is 2. The van der Waals surface area contributed by atoms with E-state index in [0.29, 0.717) is 23.8 Å². The minimum absolute atomic E-state index is 0.272. The molecule has 168 valence electrons. The fraction of sp³-hybridized carbons (Fsp3) is 0.292. The Morgan fingerprint density at radius 2 is 1.66 bits per heavy atom. The van der Waals surface area contributed by atoms with Crippen molar-refractivity contribution in [2.75, 3.05) is 19.5 Å². The van der Waals surface area contributed by atoms with Gasteiger partial charge in [-0.05, 0) is 61.9 Å². The quantitative estimate of drug-likeness (QED) is 0.412. The summed E-state index contributed by atoms with van der Waals surface area (Å²) in [6, 6.07) is 14.3. The van der Waals surface area contributed by atoms with Gasteiger partial charge in [-0.25, -0.2) is 4.99 Å². The predicted molar refractivity (Wildman–Crippen MR) is 125 cm³/mol. The lowest BCUT2D eigenvalue weighted by Gasteiger charge is -2.12. The number of carbonyl (C=O) groups excluding carboxylic acids is 1. The molecule has 1 heterocycles. The highest BCUT2D eigenvalue weighted by atomic mass is 16.5. The number of hydrogen-bond donors (Lipinski definition) is 2. The van der Waals surface area contributed by atoms with E-state index in [0.717, 1.165) is 35.7 Å². The highest BCUT2D eigenvalue weighted by Crippen LogP contribution is 2.16. The van der Waals surface area contributed by atoms with Crippen LogP contribution in [0.5, 0.6) is 11.5 Å². The number of nitrogens with one attached hydrogen (secondary N) is 2. The van der Waals surface area contributed by atoms with E-state index in [1.54, 1.807) is 38.5 Å². The van der Waals surface area contributed by atoms with Crippen LogP contribution in [0.2, 0.25) is 0 Å². The first-order valence-corrected chi connectivity index (χ1v) is 10.5. The minimum Gasteiger partial charge on any atom is -0.497 e. The van der Waals surface area contributed by atoms with Crippen molar-refractivity contribution in [1.82, 2.24) is 15.1 Å². The van der Waals surface area contributed by atoms with E-state index in [9.17, 15) is 4.79 Å². The zero-order valence-corrected chi connectivity index (χ0v) is 18.9. The van der Waals surface area contributed by atoms with Crippen molar-refractivity contribution in [2.45, 2.75) is 33.4 Å². The molecule has 0 fully saturated rings. The topological polar surface area (TPSA) is 89.8 Å². The van der Waals surface area contributed by atoms with Gasteiger partial charge in [-0.3, -0.25) is 14.8 Å². The summed E-state index contributed by atoms with van der Waals surface area (Å²) in [4.78, 5) is 17.4. The van der Waals surface area contributed by atoms with Crippen LogP contribution in [0.15, 0.2) is 59.7 Å². The molecule has 0 radical (unpaired) electrons. The van der Waals surface area contributed by atoms with Crippen LogP contribution < -0.4 is 20.1 Å². The Labute approximate surface area is 188 Å². The summed E-state index contributed by atoms with van der Waals surface area (Å²) in [7, 11) is 3.20. The summed E-state index contributed by atoms with van der Waals surface area (Å²) in [6.45, 7) is 5.32. The van der Waals surface area contributed by atoms with Crippen molar-refractivity contribution < 1.29 is 14.3 Å². The maximum Gasteiger partial charge on any atom is 0.257 e. The average molecular weight is 436 g/mol. The molecule has 0 atom stereocenters. The molecule has 0 aliphatic carbocycles. The Bertz CT molecular complexity index is 1060. The van der Waals surface area contributed by atoms with Crippen LogP contribution in [-0.4, -0.2) is 35.9 Å². The van der Waals surface area contributed by atoms with Gasteiger partial charge < -0.3 is 14.8 Å². The zero-order valence-electron chi connectivity index (χ0n) is 18.9. The molecule has 1 aromatic heterocycles. The molecular formula is C24H29N5O3. The molecule has 8 heteroatoms. The third kappa shape index (κ3) is 6.10. The van der Waals surface area contributed by atoms with E-state index in [4.69, 9.17) is 9.47 Å². The zero-order chi connectivity index (χ0) is 22.9. The summed E-state index contributed by atoms with van der Waals surface area (Å²) in [5.74, 6) is 1.51. The molecule has 0 aliphatic heterocycles. The lowest BCUT2D eigenvalue weighted by atomic mass is 10.2. The highest BCUT2D eigenvalue weighted by molar-refractivity contribution is 6.10. The van der Waals surface area contributed by atoms with Crippen molar-refractivity contribution in [2.24, 2.45) is 4.99 Å². The van der Waals surface area contributed by atoms with E-state index in [1.165, 1.54) is 0 Å². The van der Waals surface area contributed by atoms with Crippen LogP contribution in [0.4, 0.5) is 5.69 Å². The van der Waals surface area contributed by atoms with Gasteiger partial charge in [0.05, 0.1) is 26.5 Å². The van der Waals surface area contributed by atoms with Crippen molar-refractivity contribution in [3.05, 3.63) is 71.5 Å². The fourth-order valence-electron chi connectivity index (χ4n) is 3.07. The van der Waals surface area contributed by atoms with Gasteiger partial charge in [0.1, 0.15) is 11.5 Å². The Balaban J connectivity index is 1.80. The number of benzene rings is 2. The number of aromatic nitrogens is 2. The fourth-order valence-corrected chi connectivity index (χ4v) is 3.07. The standard InChI is InChI=1S/C24H29N5O3/c1-5-14-29-16-19(17(2)28-29)15-25-24(26-20-8-12-22(32-4)13-9-20)27-23(30)18-6-10-21(31-3)11-7-18/h6-13,16H,5,14-15H2,1-4H3,(H2,25,26,27,30). The van der Waals surface area contributed by atoms with Crippen molar-refractivity contribution in [1.29, 1.82) is 0 Å². The lowest BCUT2D eigenvalue weighted by Crippen LogP contribution is -2.36. The lowest BCUT2D eigenvalue weighted by molar-refractivity contribution is 0.0977. The van der Waals surface area contributed by atoms with E-state index in [-0.39, 0.29) is 5.91 Å². The molecular weight excluding hydrogens is 406 g/mol. The molecule has 3 rings (SSSR count). The summed E-state index contributed by atoms with van der Waals surface area (Å²) in [6.07, 6.45) is 3.00. The largest absolute Gasteiger partial charge is 0.497 e. The number of anilines is 1. The van der Waals surface area contributed by atoms with Gasteiger partial charge in [-0.15, -0.1) is 0 Å². The van der Waals surface area contributed by atoms with E-state index < -0.39 is 0 Å². The normalized spacial score (nSPS) is 11.2. The van der Waals surface area contributed by atoms with Gasteiger partial charge in [0.25, 0.3) is 5.91 Å². The molecule has 8 nitrogen and oxygen atoms in total.